The summed E-state index contributed by atoms with van der Waals surface area (Å²) in [6.07, 6.45) is 6.69. The van der Waals surface area contributed by atoms with Crippen LogP contribution in [0.1, 0.15) is 58.2 Å². The minimum atomic E-state index is -0.186. The van der Waals surface area contributed by atoms with Crippen molar-refractivity contribution in [1.82, 2.24) is 0 Å². The number of hydrogen-bond donors (Lipinski definition) is 4. The number of nitrogens with one attached hydrogen (secondary N) is 4. The molecule has 0 aliphatic heterocycles. The van der Waals surface area contributed by atoms with Crippen molar-refractivity contribution < 1.29 is 9.47 Å². The normalized spacial score (nSPS) is 10.7. The highest BCUT2D eigenvalue weighted by Gasteiger charge is 2.14. The number of ether oxygens (including phenoxy) is 2. The fraction of sp³-hybridized carbons (Fsp3) is 0.241. The van der Waals surface area contributed by atoms with Gasteiger partial charge in [-0.1, -0.05) is 83.7 Å². The third kappa shape index (κ3) is 10.2. The Labute approximate surface area is 210 Å². The molecule has 0 saturated heterocycles. The van der Waals surface area contributed by atoms with Gasteiger partial charge in [-0.2, -0.15) is 0 Å². The van der Waals surface area contributed by atoms with E-state index in [2.05, 4.69) is 34.1 Å². The van der Waals surface area contributed by atoms with Crippen molar-refractivity contribution in [3.63, 3.8) is 0 Å². The van der Waals surface area contributed by atoms with E-state index in [9.17, 15) is 0 Å². The maximum Gasteiger partial charge on any atom is 0.221 e. The molecule has 0 heterocycles. The lowest BCUT2D eigenvalue weighted by Gasteiger charge is -2.19. The lowest BCUT2D eigenvalue weighted by molar-refractivity contribution is 0.537. The molecule has 2 rings (SSSR count). The van der Waals surface area contributed by atoms with Crippen molar-refractivity contribution in [2.24, 2.45) is 0 Å². The van der Waals surface area contributed by atoms with Crippen molar-refractivity contribution in [3.05, 3.63) is 102 Å². The van der Waals surface area contributed by atoms with Crippen molar-refractivity contribution in [2.75, 3.05) is 0 Å². The van der Waals surface area contributed by atoms with Crippen LogP contribution in [0.25, 0.3) is 0 Å². The molecule has 0 unspecified atom stereocenters. The molecular formula is C29H38N4O2. The largest absolute Gasteiger partial charge is 0.439 e. The summed E-state index contributed by atoms with van der Waals surface area (Å²) < 4.78 is 11.1. The Bertz CT molecular complexity index is 1060. The van der Waals surface area contributed by atoms with Gasteiger partial charge in [0.05, 0.1) is 0 Å². The van der Waals surface area contributed by atoms with Gasteiger partial charge in [0.15, 0.2) is 0 Å². The van der Waals surface area contributed by atoms with E-state index < -0.39 is 0 Å². The topological polar surface area (TPSA) is 114 Å². The Kier molecular flexibility index (Phi) is 13.9. The maximum absolute atomic E-state index is 8.30. The highest BCUT2D eigenvalue weighted by atomic mass is 16.5. The van der Waals surface area contributed by atoms with Gasteiger partial charge in [0.1, 0.15) is 5.75 Å². The van der Waals surface area contributed by atoms with Crippen LogP contribution in [0.15, 0.2) is 85.0 Å². The molecular weight excluding hydrogens is 436 g/mol. The second-order valence-electron chi connectivity index (χ2n) is 7.90. The summed E-state index contributed by atoms with van der Waals surface area (Å²) in [6, 6.07) is 14.5. The Morgan fingerprint density at radius 3 is 1.91 bits per heavy atom. The average molecular weight is 475 g/mol. The quantitative estimate of drug-likeness (QED) is 0.195. The van der Waals surface area contributed by atoms with Crippen molar-refractivity contribution in [1.29, 1.82) is 21.6 Å². The highest BCUT2D eigenvalue weighted by Crippen LogP contribution is 2.24. The van der Waals surface area contributed by atoms with Crippen LogP contribution in [0, 0.1) is 21.6 Å². The smallest absolute Gasteiger partial charge is 0.221 e. The van der Waals surface area contributed by atoms with Crippen LogP contribution in [0.3, 0.4) is 0 Å². The first kappa shape index (κ1) is 30.9. The van der Waals surface area contributed by atoms with Gasteiger partial charge in [-0.15, -0.1) is 0 Å². The van der Waals surface area contributed by atoms with Gasteiger partial charge in [0, 0.05) is 16.7 Å². The Morgan fingerprint density at radius 2 is 1.43 bits per heavy atom. The third-order valence-corrected chi connectivity index (χ3v) is 4.44. The molecule has 6 nitrogen and oxygen atoms in total. The van der Waals surface area contributed by atoms with Crippen LogP contribution < -0.4 is 4.74 Å². The van der Waals surface area contributed by atoms with Crippen LogP contribution in [0.4, 0.5) is 0 Å². The first-order valence-electron chi connectivity index (χ1n) is 11.3. The van der Waals surface area contributed by atoms with Gasteiger partial charge >= 0.3 is 0 Å². The number of allylic oxidation sites excluding steroid dienone is 3. The second kappa shape index (κ2) is 15.7. The highest BCUT2D eigenvalue weighted by molar-refractivity contribution is 6.06. The predicted molar refractivity (Wildman–Crippen MR) is 149 cm³/mol. The van der Waals surface area contributed by atoms with Gasteiger partial charge < -0.3 is 14.9 Å². The van der Waals surface area contributed by atoms with E-state index in [4.69, 9.17) is 31.1 Å². The van der Waals surface area contributed by atoms with Crippen LogP contribution in [-0.2, 0) is 10.2 Å². The summed E-state index contributed by atoms with van der Waals surface area (Å²) in [4.78, 5) is 0. The molecule has 35 heavy (non-hydrogen) atoms. The summed E-state index contributed by atoms with van der Waals surface area (Å²) in [5.74, 6) is 0.198. The van der Waals surface area contributed by atoms with Gasteiger partial charge in [-0.25, -0.2) is 0 Å². The molecule has 0 aliphatic carbocycles. The molecule has 2 aromatic carbocycles. The van der Waals surface area contributed by atoms with E-state index in [0.717, 1.165) is 0 Å². The molecule has 186 valence electrons. The van der Waals surface area contributed by atoms with E-state index in [-0.39, 0.29) is 23.1 Å². The number of benzene rings is 2. The standard InChI is InChI=1S/C26H29N3O2.C2H6.CH3N/c1-6-9-18(10-7-2)23(27)31-25(29)20-12-8-11-19(17-20)24(28)30-22-15-13-21(14-16-22)26(3,4)5;2*1-2/h6-17,27-29H,1H2,2-5H3;1-2H3;2H,1H2/b10-7-,18-9+,27-23?,28-24?,29-25?;;. The minimum Gasteiger partial charge on any atom is -0.439 e. The first-order valence-corrected chi connectivity index (χ1v) is 11.3. The molecule has 0 fully saturated rings. The Balaban J connectivity index is 0.00000274. The SMILES string of the molecule is C=C/C=C(\C=C/C)C(=N)OC(=N)c1cccc(C(=N)Oc2ccc(C(C)(C)C)cc2)c1.C=N.CC. The van der Waals surface area contributed by atoms with E-state index in [1.165, 1.54) is 5.56 Å². The minimum absolute atomic E-state index is 0.0330. The summed E-state index contributed by atoms with van der Waals surface area (Å²) in [5.41, 5.74) is 2.68. The van der Waals surface area contributed by atoms with Crippen molar-refractivity contribution >= 4 is 24.4 Å². The monoisotopic (exact) mass is 474 g/mol. The van der Waals surface area contributed by atoms with Gasteiger partial charge in [0.2, 0.25) is 17.7 Å². The molecule has 4 N–H and O–H groups in total. The summed E-state index contributed by atoms with van der Waals surface area (Å²) in [5, 5.41) is 30.1. The van der Waals surface area contributed by atoms with E-state index in [0.29, 0.717) is 22.4 Å². The average Bonchev–Trinajstić information content (AvgIpc) is 2.86. The maximum atomic E-state index is 8.30. The number of hydrogen-bond acceptors (Lipinski definition) is 6. The molecule has 0 saturated carbocycles. The van der Waals surface area contributed by atoms with E-state index in [1.807, 2.05) is 45.0 Å². The molecule has 0 aromatic heterocycles. The Hall–Kier alpha value is -4.06. The summed E-state index contributed by atoms with van der Waals surface area (Å²) >= 11 is 0. The van der Waals surface area contributed by atoms with Crippen molar-refractivity contribution in [2.45, 2.75) is 47.0 Å². The number of rotatable bonds is 6. The third-order valence-electron chi connectivity index (χ3n) is 4.44. The first-order chi connectivity index (χ1) is 16.7. The molecule has 0 atom stereocenters. The predicted octanol–water partition coefficient (Wildman–Crippen LogP) is 7.69. The van der Waals surface area contributed by atoms with Crippen LogP contribution in [-0.4, -0.2) is 24.4 Å². The molecule has 0 spiro atoms. The zero-order valence-electron chi connectivity index (χ0n) is 21.7. The molecule has 0 radical (unpaired) electrons. The second-order valence-corrected chi connectivity index (χ2v) is 7.90. The van der Waals surface area contributed by atoms with Gasteiger partial charge in [-0.3, -0.25) is 16.2 Å². The summed E-state index contributed by atoms with van der Waals surface area (Å²) in [6.45, 7) is 18.4. The van der Waals surface area contributed by atoms with Gasteiger partial charge in [-0.05, 0) is 55.0 Å². The van der Waals surface area contributed by atoms with Crippen LogP contribution >= 0.6 is 0 Å². The van der Waals surface area contributed by atoms with Crippen LogP contribution in [0.2, 0.25) is 0 Å². The van der Waals surface area contributed by atoms with Crippen molar-refractivity contribution in [3.8, 4) is 5.75 Å². The zero-order valence-corrected chi connectivity index (χ0v) is 21.7. The molecule has 0 amide bonds. The van der Waals surface area contributed by atoms with Crippen LogP contribution in [0.5, 0.6) is 5.75 Å². The van der Waals surface area contributed by atoms with Gasteiger partial charge in [0.25, 0.3) is 0 Å². The molecule has 6 heteroatoms. The molecule has 0 aliphatic rings. The lowest BCUT2D eigenvalue weighted by Crippen LogP contribution is -2.15. The lowest BCUT2D eigenvalue weighted by atomic mass is 9.87. The van der Waals surface area contributed by atoms with E-state index in [1.54, 1.807) is 48.6 Å². The fourth-order valence-electron chi connectivity index (χ4n) is 2.73. The Morgan fingerprint density at radius 1 is 0.886 bits per heavy atom. The zero-order chi connectivity index (χ0) is 27.0. The summed E-state index contributed by atoms with van der Waals surface area (Å²) in [7, 11) is 0. The molecule has 0 bridgehead atoms. The molecule has 2 aromatic rings. The fourth-order valence-corrected chi connectivity index (χ4v) is 2.73. The van der Waals surface area contributed by atoms with E-state index >= 15 is 0 Å².